The number of unbranched alkanes of at least 4 members (excludes halogenated alkanes) is 3. The molecular weight excluding hydrogens is 480 g/mol. The Labute approximate surface area is 226 Å². The topological polar surface area (TPSA) is 75.4 Å². The molecule has 1 N–H and O–H groups in total. The summed E-state index contributed by atoms with van der Waals surface area (Å²) in [4.78, 5) is 17.7. The first-order valence-electron chi connectivity index (χ1n) is 13.8. The molecule has 0 bridgehead atoms. The van der Waals surface area contributed by atoms with Crippen LogP contribution < -0.4 is 4.74 Å². The summed E-state index contributed by atoms with van der Waals surface area (Å²) in [5, 5.41) is 11.6. The van der Waals surface area contributed by atoms with Crippen LogP contribution >= 0.6 is 0 Å². The number of carbonyl (C=O) groups is 1. The smallest absolute Gasteiger partial charge is 0.256 e. The second-order valence-electron chi connectivity index (χ2n) is 9.72. The Hall–Kier alpha value is -3.13. The minimum Gasteiger partial charge on any atom is -0.493 e. The van der Waals surface area contributed by atoms with Gasteiger partial charge in [0.1, 0.15) is 5.75 Å². The zero-order valence-electron chi connectivity index (χ0n) is 22.4. The van der Waals surface area contributed by atoms with Crippen LogP contribution in [0.4, 0.5) is 0 Å². The molecule has 1 aliphatic heterocycles. The largest absolute Gasteiger partial charge is 0.493 e. The maximum atomic E-state index is 13.8. The molecule has 204 valence electrons. The van der Waals surface area contributed by atoms with Gasteiger partial charge in [-0.3, -0.25) is 9.69 Å². The lowest BCUT2D eigenvalue weighted by molar-refractivity contribution is 0.000247. The predicted molar refractivity (Wildman–Crippen MR) is 148 cm³/mol. The number of hydrogen-bond donors (Lipinski definition) is 1. The number of ether oxygens (including phenoxy) is 2. The van der Waals surface area contributed by atoms with Crippen LogP contribution in [0.2, 0.25) is 0 Å². The second-order valence-corrected chi connectivity index (χ2v) is 9.72. The van der Waals surface area contributed by atoms with Gasteiger partial charge in [-0.05, 0) is 42.7 Å². The summed E-state index contributed by atoms with van der Waals surface area (Å²) in [6.07, 6.45) is 7.36. The second kappa shape index (κ2) is 14.7. The van der Waals surface area contributed by atoms with Crippen LogP contribution in [0.5, 0.6) is 5.75 Å². The highest BCUT2D eigenvalue weighted by molar-refractivity contribution is 5.95. The van der Waals surface area contributed by atoms with E-state index >= 15 is 0 Å². The van der Waals surface area contributed by atoms with Crippen molar-refractivity contribution >= 4 is 5.91 Å². The normalized spacial score (nSPS) is 14.8. The van der Waals surface area contributed by atoms with Crippen molar-refractivity contribution in [1.82, 2.24) is 9.80 Å². The van der Waals surface area contributed by atoms with Crippen LogP contribution in [-0.4, -0.2) is 66.8 Å². The summed E-state index contributed by atoms with van der Waals surface area (Å²) in [6.45, 7) is 7.28. The molecule has 7 heteroatoms. The van der Waals surface area contributed by atoms with Gasteiger partial charge in [-0.25, -0.2) is 0 Å². The zero-order chi connectivity index (χ0) is 26.6. The van der Waals surface area contributed by atoms with Gasteiger partial charge >= 0.3 is 0 Å². The van der Waals surface area contributed by atoms with Crippen LogP contribution in [0.15, 0.2) is 71.5 Å². The van der Waals surface area contributed by atoms with Crippen molar-refractivity contribution in [1.29, 1.82) is 0 Å². The standard InChI is InChI=1S/C31H40N2O5/c1-2-3-4-7-20-38-29-10-6-5-9-28(29)31(35)33(17-8-16-32-18-22-36-23-19-32)30(34)26-13-11-25(12-14-26)27-15-21-37-24-27/h5-6,9-15,21,24,31,35H,2-4,7-8,16-20,22-23H2,1H3. The van der Waals surface area contributed by atoms with Crippen molar-refractivity contribution < 1.29 is 23.8 Å². The number of morpholine rings is 1. The van der Waals surface area contributed by atoms with Crippen molar-refractivity contribution in [2.45, 2.75) is 45.3 Å². The van der Waals surface area contributed by atoms with Gasteiger partial charge in [0.25, 0.3) is 5.91 Å². The van der Waals surface area contributed by atoms with E-state index < -0.39 is 6.23 Å². The SMILES string of the molecule is CCCCCCOc1ccccc1C(O)N(CCCN1CCOCC1)C(=O)c1ccc(-c2ccoc2)cc1. The third-order valence-electron chi connectivity index (χ3n) is 6.97. The van der Waals surface area contributed by atoms with E-state index in [9.17, 15) is 9.90 Å². The van der Waals surface area contributed by atoms with E-state index in [0.29, 0.717) is 30.0 Å². The third-order valence-corrected chi connectivity index (χ3v) is 6.97. The van der Waals surface area contributed by atoms with Crippen LogP contribution in [0.1, 0.15) is 61.2 Å². The Balaban J connectivity index is 1.50. The van der Waals surface area contributed by atoms with Crippen molar-refractivity contribution in [3.63, 3.8) is 0 Å². The highest BCUT2D eigenvalue weighted by Crippen LogP contribution is 2.30. The number of rotatable bonds is 14. The van der Waals surface area contributed by atoms with E-state index in [-0.39, 0.29) is 5.91 Å². The molecule has 3 aromatic rings. The molecular formula is C31H40N2O5. The van der Waals surface area contributed by atoms with Crippen molar-refractivity contribution in [3.05, 3.63) is 78.3 Å². The molecule has 38 heavy (non-hydrogen) atoms. The fourth-order valence-electron chi connectivity index (χ4n) is 4.73. The number of aliphatic hydroxyl groups excluding tert-OH is 1. The molecule has 0 spiro atoms. The van der Waals surface area contributed by atoms with Crippen LogP contribution in [0.25, 0.3) is 11.1 Å². The number of para-hydroxylation sites is 1. The molecule has 2 aromatic carbocycles. The van der Waals surface area contributed by atoms with Gasteiger partial charge in [-0.1, -0.05) is 56.5 Å². The number of carbonyl (C=O) groups excluding carboxylic acids is 1. The van der Waals surface area contributed by atoms with Gasteiger partial charge in [0.05, 0.1) is 32.3 Å². The van der Waals surface area contributed by atoms with Gasteiger partial charge in [0.15, 0.2) is 6.23 Å². The Morgan fingerprint density at radius 3 is 2.53 bits per heavy atom. The maximum absolute atomic E-state index is 13.8. The molecule has 0 aliphatic carbocycles. The van der Waals surface area contributed by atoms with Gasteiger partial charge in [0, 0.05) is 42.9 Å². The lowest BCUT2D eigenvalue weighted by Crippen LogP contribution is -2.40. The number of amides is 1. The predicted octanol–water partition coefficient (Wildman–Crippen LogP) is 5.76. The minimum absolute atomic E-state index is 0.212. The summed E-state index contributed by atoms with van der Waals surface area (Å²) >= 11 is 0. The number of aliphatic hydroxyl groups is 1. The van der Waals surface area contributed by atoms with Crippen molar-refractivity contribution in [2.75, 3.05) is 46.0 Å². The molecule has 1 unspecified atom stereocenters. The van der Waals surface area contributed by atoms with Crippen LogP contribution in [-0.2, 0) is 4.74 Å². The summed E-state index contributed by atoms with van der Waals surface area (Å²) in [6, 6.07) is 16.8. The van der Waals surface area contributed by atoms with Crippen molar-refractivity contribution in [3.8, 4) is 16.9 Å². The fourth-order valence-corrected chi connectivity index (χ4v) is 4.73. The average molecular weight is 521 g/mol. The molecule has 0 saturated carbocycles. The average Bonchev–Trinajstić information content (AvgIpc) is 3.51. The molecule has 1 fully saturated rings. The summed E-state index contributed by atoms with van der Waals surface area (Å²) < 4.78 is 16.7. The third kappa shape index (κ3) is 7.69. The Morgan fingerprint density at radius 1 is 1.00 bits per heavy atom. The number of furan rings is 1. The first-order valence-corrected chi connectivity index (χ1v) is 13.8. The van der Waals surface area contributed by atoms with E-state index in [4.69, 9.17) is 13.9 Å². The molecule has 2 heterocycles. The van der Waals surface area contributed by atoms with E-state index in [2.05, 4.69) is 11.8 Å². The van der Waals surface area contributed by atoms with E-state index in [1.165, 1.54) is 12.8 Å². The molecule has 0 radical (unpaired) electrons. The number of hydrogen-bond acceptors (Lipinski definition) is 6. The summed E-state index contributed by atoms with van der Waals surface area (Å²) in [5.41, 5.74) is 3.06. The number of benzene rings is 2. The van der Waals surface area contributed by atoms with E-state index in [1.807, 2.05) is 54.6 Å². The lowest BCUT2D eigenvalue weighted by Gasteiger charge is -2.31. The lowest BCUT2D eigenvalue weighted by atomic mass is 10.1. The molecule has 1 aliphatic rings. The van der Waals surface area contributed by atoms with Gasteiger partial charge in [-0.2, -0.15) is 0 Å². The monoisotopic (exact) mass is 520 g/mol. The fraction of sp³-hybridized carbons (Fsp3) is 0.452. The van der Waals surface area contributed by atoms with Gasteiger partial charge < -0.3 is 23.9 Å². The summed E-state index contributed by atoms with van der Waals surface area (Å²) in [7, 11) is 0. The quantitative estimate of drug-likeness (QED) is 0.215. The molecule has 1 saturated heterocycles. The zero-order valence-corrected chi connectivity index (χ0v) is 22.4. The molecule has 1 aromatic heterocycles. The van der Waals surface area contributed by atoms with Gasteiger partial charge in [-0.15, -0.1) is 0 Å². The Morgan fingerprint density at radius 2 is 1.79 bits per heavy atom. The molecule has 1 atom stereocenters. The molecule has 1 amide bonds. The Bertz CT molecular complexity index is 1090. The first-order chi connectivity index (χ1) is 18.7. The highest BCUT2D eigenvalue weighted by atomic mass is 16.5. The van der Waals surface area contributed by atoms with Crippen molar-refractivity contribution in [2.24, 2.45) is 0 Å². The molecule has 4 rings (SSSR count). The van der Waals surface area contributed by atoms with E-state index in [0.717, 1.165) is 63.2 Å². The molecule has 7 nitrogen and oxygen atoms in total. The maximum Gasteiger partial charge on any atom is 0.256 e. The minimum atomic E-state index is -1.12. The Kier molecular flexibility index (Phi) is 10.8. The first kappa shape index (κ1) is 27.9. The summed E-state index contributed by atoms with van der Waals surface area (Å²) in [5.74, 6) is 0.411. The number of nitrogens with zero attached hydrogens (tertiary/aromatic N) is 2. The van der Waals surface area contributed by atoms with Crippen LogP contribution in [0.3, 0.4) is 0 Å². The van der Waals surface area contributed by atoms with Gasteiger partial charge in [0.2, 0.25) is 0 Å². The highest BCUT2D eigenvalue weighted by Gasteiger charge is 2.27. The van der Waals surface area contributed by atoms with Crippen LogP contribution in [0, 0.1) is 0 Å². The van der Waals surface area contributed by atoms with E-state index in [1.54, 1.807) is 17.4 Å².